The highest BCUT2D eigenvalue weighted by Gasteiger charge is 2.44. The molecule has 2 fully saturated rings. The van der Waals surface area contributed by atoms with Crippen molar-refractivity contribution in [3.63, 3.8) is 0 Å². The molecule has 0 aromatic carbocycles. The zero-order chi connectivity index (χ0) is 15.5. The monoisotopic (exact) mass is 298 g/mol. The fourth-order valence-corrected chi connectivity index (χ4v) is 3.38. The fraction of sp³-hybridized carbons (Fsp3) is 0.867. The highest BCUT2D eigenvalue weighted by Crippen LogP contribution is 2.35. The summed E-state index contributed by atoms with van der Waals surface area (Å²) < 4.78 is 5.39. The largest absolute Gasteiger partial charge is 0.480 e. The van der Waals surface area contributed by atoms with Crippen LogP contribution in [0.1, 0.15) is 39.5 Å². The smallest absolute Gasteiger partial charge is 0.327 e. The summed E-state index contributed by atoms with van der Waals surface area (Å²) in [5.41, 5.74) is -0.393. The minimum absolute atomic E-state index is 0.263. The molecule has 21 heavy (non-hydrogen) atoms. The van der Waals surface area contributed by atoms with Crippen LogP contribution in [0.25, 0.3) is 0 Å². The predicted octanol–water partition coefficient (Wildman–Crippen LogP) is 1.70. The molecule has 0 radical (unpaired) electrons. The van der Waals surface area contributed by atoms with Gasteiger partial charge in [-0.15, -0.1) is 0 Å². The van der Waals surface area contributed by atoms with E-state index in [1.54, 1.807) is 0 Å². The first kappa shape index (κ1) is 16.1. The van der Waals surface area contributed by atoms with Crippen LogP contribution in [0.3, 0.4) is 0 Å². The van der Waals surface area contributed by atoms with Crippen molar-refractivity contribution in [1.82, 2.24) is 10.2 Å². The molecule has 2 N–H and O–H groups in total. The maximum absolute atomic E-state index is 12.4. The molecule has 0 aromatic rings. The number of hydrogen-bond acceptors (Lipinski definition) is 3. The number of nitrogens with zero attached hydrogens (tertiary/aromatic N) is 1. The second-order valence-electron chi connectivity index (χ2n) is 6.80. The molecule has 0 aliphatic carbocycles. The van der Waals surface area contributed by atoms with Crippen LogP contribution < -0.4 is 5.32 Å². The van der Waals surface area contributed by atoms with Crippen LogP contribution in [0.15, 0.2) is 0 Å². The van der Waals surface area contributed by atoms with E-state index in [1.807, 2.05) is 13.8 Å². The van der Waals surface area contributed by atoms with Crippen molar-refractivity contribution in [2.24, 2.45) is 11.3 Å². The number of likely N-dealkylation sites (tertiary alicyclic amines) is 1. The molecule has 120 valence electrons. The number of nitrogens with one attached hydrogen (secondary N) is 1. The van der Waals surface area contributed by atoms with Gasteiger partial charge in [0, 0.05) is 19.7 Å². The first-order chi connectivity index (χ1) is 9.92. The highest BCUT2D eigenvalue weighted by molar-refractivity contribution is 5.83. The normalized spacial score (nSPS) is 29.0. The lowest BCUT2D eigenvalue weighted by Gasteiger charge is -2.43. The molecule has 2 amide bonds. The summed E-state index contributed by atoms with van der Waals surface area (Å²) in [6, 6.07) is -1.02. The number of piperidine rings is 1. The van der Waals surface area contributed by atoms with Crippen molar-refractivity contribution in [2.75, 3.05) is 26.3 Å². The number of carboxylic acids is 1. The van der Waals surface area contributed by atoms with E-state index in [-0.39, 0.29) is 6.03 Å². The van der Waals surface area contributed by atoms with E-state index in [0.29, 0.717) is 25.6 Å². The molecule has 2 aliphatic rings. The molecule has 6 nitrogen and oxygen atoms in total. The van der Waals surface area contributed by atoms with Gasteiger partial charge in [0.2, 0.25) is 0 Å². The topological polar surface area (TPSA) is 78.9 Å². The minimum atomic E-state index is -0.921. The van der Waals surface area contributed by atoms with Gasteiger partial charge in [0.25, 0.3) is 0 Å². The lowest BCUT2D eigenvalue weighted by molar-refractivity contribution is -0.148. The number of carboxylic acid groups (broad SMARTS) is 1. The highest BCUT2D eigenvalue weighted by atomic mass is 16.5. The molecule has 0 aromatic heterocycles. The van der Waals surface area contributed by atoms with E-state index in [4.69, 9.17) is 4.74 Å². The van der Waals surface area contributed by atoms with Crippen molar-refractivity contribution < 1.29 is 19.4 Å². The van der Waals surface area contributed by atoms with Crippen LogP contribution in [0.4, 0.5) is 4.79 Å². The van der Waals surface area contributed by atoms with Crippen molar-refractivity contribution >= 4 is 12.0 Å². The summed E-state index contributed by atoms with van der Waals surface area (Å²) in [6.45, 7) is 6.37. The average Bonchev–Trinajstić information content (AvgIpc) is 2.44. The molecule has 6 heteroatoms. The number of hydrogen-bond donors (Lipinski definition) is 2. The van der Waals surface area contributed by atoms with Gasteiger partial charge in [-0.2, -0.15) is 0 Å². The Balaban J connectivity index is 1.94. The van der Waals surface area contributed by atoms with Crippen LogP contribution in [0, 0.1) is 11.3 Å². The lowest BCUT2D eigenvalue weighted by Crippen LogP contribution is -2.59. The van der Waals surface area contributed by atoms with Gasteiger partial charge in [0.05, 0.1) is 6.61 Å². The van der Waals surface area contributed by atoms with Gasteiger partial charge in [-0.3, -0.25) is 0 Å². The van der Waals surface area contributed by atoms with Crippen LogP contribution in [0.5, 0.6) is 0 Å². The van der Waals surface area contributed by atoms with E-state index in [2.05, 4.69) is 5.32 Å². The van der Waals surface area contributed by atoms with E-state index in [0.717, 1.165) is 32.3 Å². The van der Waals surface area contributed by atoms with Gasteiger partial charge in [-0.25, -0.2) is 9.59 Å². The number of amides is 2. The van der Waals surface area contributed by atoms with Crippen molar-refractivity contribution in [3.05, 3.63) is 0 Å². The zero-order valence-electron chi connectivity index (χ0n) is 12.9. The third-order valence-electron chi connectivity index (χ3n) is 4.56. The second-order valence-corrected chi connectivity index (χ2v) is 6.80. The zero-order valence-corrected chi connectivity index (χ0v) is 12.9. The molecule has 2 unspecified atom stereocenters. The van der Waals surface area contributed by atoms with Gasteiger partial charge < -0.3 is 20.1 Å². The Bertz CT molecular complexity index is 391. The quantitative estimate of drug-likeness (QED) is 0.831. The Morgan fingerprint density at radius 1 is 1.38 bits per heavy atom. The molecule has 0 spiro atoms. The molecular formula is C15H26N2O4. The van der Waals surface area contributed by atoms with Gasteiger partial charge in [-0.05, 0) is 37.0 Å². The summed E-state index contributed by atoms with van der Waals surface area (Å²) in [5, 5.41) is 12.4. The van der Waals surface area contributed by atoms with Gasteiger partial charge >= 0.3 is 12.0 Å². The summed E-state index contributed by atoms with van der Waals surface area (Å²) in [7, 11) is 0. The molecule has 2 saturated heterocycles. The molecule has 2 aliphatic heterocycles. The molecule has 0 saturated carbocycles. The predicted molar refractivity (Wildman–Crippen MR) is 78.1 cm³/mol. The first-order valence-electron chi connectivity index (χ1n) is 7.77. The SMILES string of the molecule is CC1(C)CCCN(C(=O)NCC2CCCOC2)C1C(=O)O. The molecular weight excluding hydrogens is 272 g/mol. The Morgan fingerprint density at radius 3 is 2.76 bits per heavy atom. The number of urea groups is 1. The number of rotatable bonds is 3. The molecule has 2 atom stereocenters. The summed E-state index contributed by atoms with van der Waals surface area (Å²) >= 11 is 0. The third-order valence-corrected chi connectivity index (χ3v) is 4.56. The van der Waals surface area contributed by atoms with Crippen molar-refractivity contribution in [3.8, 4) is 0 Å². The standard InChI is InChI=1S/C15H26N2O4/c1-15(2)6-4-7-17(12(15)13(18)19)14(20)16-9-11-5-3-8-21-10-11/h11-12H,3-10H2,1-2H3,(H,16,20)(H,18,19). The Labute approximate surface area is 125 Å². The van der Waals surface area contributed by atoms with Gasteiger partial charge in [0.15, 0.2) is 0 Å². The van der Waals surface area contributed by atoms with E-state index >= 15 is 0 Å². The number of aliphatic carboxylic acids is 1. The maximum atomic E-state index is 12.4. The molecule has 0 bridgehead atoms. The van der Waals surface area contributed by atoms with E-state index in [9.17, 15) is 14.7 Å². The minimum Gasteiger partial charge on any atom is -0.480 e. The van der Waals surface area contributed by atoms with Crippen molar-refractivity contribution in [2.45, 2.75) is 45.6 Å². The molecule has 2 rings (SSSR count). The van der Waals surface area contributed by atoms with Crippen molar-refractivity contribution in [1.29, 1.82) is 0 Å². The second kappa shape index (κ2) is 6.64. The van der Waals surface area contributed by atoms with Crippen LogP contribution in [-0.2, 0) is 9.53 Å². The number of ether oxygens (including phenoxy) is 1. The summed E-state index contributed by atoms with van der Waals surface area (Å²) in [6.07, 6.45) is 3.74. The van der Waals surface area contributed by atoms with Crippen LogP contribution in [-0.4, -0.2) is 54.4 Å². The average molecular weight is 298 g/mol. The van der Waals surface area contributed by atoms with Gasteiger partial charge in [0.1, 0.15) is 6.04 Å². The third kappa shape index (κ3) is 3.87. The van der Waals surface area contributed by atoms with Gasteiger partial charge in [-0.1, -0.05) is 13.8 Å². The summed E-state index contributed by atoms with van der Waals surface area (Å²) in [5.74, 6) is -0.584. The summed E-state index contributed by atoms with van der Waals surface area (Å²) in [4.78, 5) is 25.4. The number of carbonyl (C=O) groups is 2. The number of carbonyl (C=O) groups excluding carboxylic acids is 1. The first-order valence-corrected chi connectivity index (χ1v) is 7.77. The van der Waals surface area contributed by atoms with E-state index < -0.39 is 17.4 Å². The van der Waals surface area contributed by atoms with Crippen LogP contribution >= 0.6 is 0 Å². The Morgan fingerprint density at radius 2 is 2.14 bits per heavy atom. The fourth-order valence-electron chi connectivity index (χ4n) is 3.38. The van der Waals surface area contributed by atoms with Crippen LogP contribution in [0.2, 0.25) is 0 Å². The Kier molecular flexibility index (Phi) is 5.08. The molecule has 2 heterocycles. The lowest BCUT2D eigenvalue weighted by atomic mass is 9.76. The van der Waals surface area contributed by atoms with E-state index in [1.165, 1.54) is 4.90 Å². The Hall–Kier alpha value is -1.30. The maximum Gasteiger partial charge on any atom is 0.327 e.